The lowest BCUT2D eigenvalue weighted by molar-refractivity contribution is 0.0941. The van der Waals surface area contributed by atoms with E-state index >= 15 is 0 Å². The molecule has 4 heteroatoms. The van der Waals surface area contributed by atoms with Crippen LogP contribution in [0.4, 0.5) is 0 Å². The fourth-order valence-electron chi connectivity index (χ4n) is 2.63. The molecule has 1 aliphatic rings. The molecule has 1 aromatic carbocycles. The summed E-state index contributed by atoms with van der Waals surface area (Å²) in [6.45, 7) is 3.97. The van der Waals surface area contributed by atoms with E-state index in [1.807, 2.05) is 6.07 Å². The maximum atomic E-state index is 12.3. The maximum absolute atomic E-state index is 12.3. The number of aromatic nitrogens is 1. The summed E-state index contributed by atoms with van der Waals surface area (Å²) in [5.74, 6) is -0.340. The maximum Gasteiger partial charge on any atom is 0.255 e. The van der Waals surface area contributed by atoms with E-state index in [9.17, 15) is 9.90 Å². The van der Waals surface area contributed by atoms with Crippen LogP contribution < -0.4 is 5.32 Å². The number of nitrogens with zero attached hydrogens (tertiary/aromatic N) is 1. The van der Waals surface area contributed by atoms with Crippen LogP contribution in [0, 0.1) is 0 Å². The Morgan fingerprint density at radius 1 is 1.40 bits per heavy atom. The number of phenolic OH excluding ortho intramolecular Hbond substituents is 1. The molecule has 1 aromatic heterocycles. The lowest BCUT2D eigenvalue weighted by Crippen LogP contribution is -2.33. The number of nitrogens with one attached hydrogen (secondary N) is 1. The van der Waals surface area contributed by atoms with Crippen molar-refractivity contribution in [3.63, 3.8) is 0 Å². The zero-order valence-corrected chi connectivity index (χ0v) is 11.1. The van der Waals surface area contributed by atoms with Gasteiger partial charge in [-0.05, 0) is 31.4 Å². The SMILES string of the molecule is C=C1CCCC1NC(=O)c1ccc2cccnc2c1O. The zero-order chi connectivity index (χ0) is 14.1. The number of hydrogen-bond acceptors (Lipinski definition) is 3. The highest BCUT2D eigenvalue weighted by Gasteiger charge is 2.23. The molecule has 0 radical (unpaired) electrons. The number of phenols is 1. The van der Waals surface area contributed by atoms with Crippen LogP contribution in [-0.2, 0) is 0 Å². The Morgan fingerprint density at radius 2 is 2.25 bits per heavy atom. The molecular formula is C16H16N2O2. The Hall–Kier alpha value is -2.36. The van der Waals surface area contributed by atoms with E-state index in [-0.39, 0.29) is 23.3 Å². The van der Waals surface area contributed by atoms with Gasteiger partial charge in [0.15, 0.2) is 5.75 Å². The third-order valence-corrected chi connectivity index (χ3v) is 3.78. The van der Waals surface area contributed by atoms with Gasteiger partial charge in [-0.25, -0.2) is 0 Å². The number of hydrogen-bond donors (Lipinski definition) is 2. The summed E-state index contributed by atoms with van der Waals surface area (Å²) >= 11 is 0. The van der Waals surface area contributed by atoms with Gasteiger partial charge in [-0.2, -0.15) is 0 Å². The van der Waals surface area contributed by atoms with E-state index in [4.69, 9.17) is 0 Å². The lowest BCUT2D eigenvalue weighted by atomic mass is 10.1. The quantitative estimate of drug-likeness (QED) is 0.823. The Morgan fingerprint density at radius 3 is 3.00 bits per heavy atom. The van der Waals surface area contributed by atoms with Gasteiger partial charge in [-0.1, -0.05) is 24.3 Å². The molecule has 0 bridgehead atoms. The third kappa shape index (κ3) is 2.13. The summed E-state index contributed by atoms with van der Waals surface area (Å²) in [7, 11) is 0. The molecule has 1 saturated carbocycles. The molecule has 0 aliphatic heterocycles. The van der Waals surface area contributed by atoms with Crippen LogP contribution >= 0.6 is 0 Å². The van der Waals surface area contributed by atoms with Crippen molar-refractivity contribution >= 4 is 16.8 Å². The summed E-state index contributed by atoms with van der Waals surface area (Å²) in [6, 6.07) is 7.08. The van der Waals surface area contributed by atoms with Crippen LogP contribution in [-0.4, -0.2) is 22.0 Å². The number of aromatic hydroxyl groups is 1. The van der Waals surface area contributed by atoms with Crippen LogP contribution in [0.2, 0.25) is 0 Å². The number of benzene rings is 1. The Labute approximate surface area is 117 Å². The number of amides is 1. The summed E-state index contributed by atoms with van der Waals surface area (Å²) in [6.07, 6.45) is 4.52. The normalized spacial score (nSPS) is 18.4. The van der Waals surface area contributed by atoms with Crippen LogP contribution in [0.1, 0.15) is 29.6 Å². The van der Waals surface area contributed by atoms with Crippen LogP contribution in [0.15, 0.2) is 42.6 Å². The second-order valence-electron chi connectivity index (χ2n) is 5.11. The fourth-order valence-corrected chi connectivity index (χ4v) is 2.63. The first-order valence-corrected chi connectivity index (χ1v) is 6.72. The fraction of sp³-hybridized carbons (Fsp3) is 0.250. The van der Waals surface area contributed by atoms with Gasteiger partial charge < -0.3 is 10.4 Å². The molecule has 4 nitrogen and oxygen atoms in total. The average Bonchev–Trinajstić information content (AvgIpc) is 2.85. The van der Waals surface area contributed by atoms with Gasteiger partial charge in [0.1, 0.15) is 5.52 Å². The smallest absolute Gasteiger partial charge is 0.255 e. The summed E-state index contributed by atoms with van der Waals surface area (Å²) in [4.78, 5) is 16.4. The molecule has 20 heavy (non-hydrogen) atoms. The molecule has 3 rings (SSSR count). The van der Waals surface area contributed by atoms with Gasteiger partial charge in [0.05, 0.1) is 11.6 Å². The molecule has 1 unspecified atom stereocenters. The minimum absolute atomic E-state index is 0.0151. The Kier molecular flexibility index (Phi) is 3.14. The summed E-state index contributed by atoms with van der Waals surface area (Å²) in [5, 5.41) is 14.0. The van der Waals surface area contributed by atoms with E-state index < -0.39 is 0 Å². The van der Waals surface area contributed by atoms with Crippen molar-refractivity contribution in [2.75, 3.05) is 0 Å². The molecule has 1 heterocycles. The number of carbonyl (C=O) groups is 1. The second-order valence-corrected chi connectivity index (χ2v) is 5.11. The summed E-state index contributed by atoms with van der Waals surface area (Å²) in [5.41, 5.74) is 1.76. The minimum atomic E-state index is -0.275. The first-order chi connectivity index (χ1) is 9.66. The highest BCUT2D eigenvalue weighted by atomic mass is 16.3. The number of fused-ring (bicyclic) bond motifs is 1. The van der Waals surface area contributed by atoms with Crippen molar-refractivity contribution in [1.82, 2.24) is 10.3 Å². The molecule has 0 spiro atoms. The van der Waals surface area contributed by atoms with E-state index in [1.165, 1.54) is 0 Å². The van der Waals surface area contributed by atoms with E-state index in [1.54, 1.807) is 24.4 Å². The number of pyridine rings is 1. The standard InChI is InChI=1S/C16H16N2O2/c1-10-4-2-6-13(10)18-16(20)12-8-7-11-5-3-9-17-14(11)15(12)19/h3,5,7-9,13,19H,1-2,4,6H2,(H,18,20). The molecule has 1 atom stereocenters. The third-order valence-electron chi connectivity index (χ3n) is 3.78. The van der Waals surface area contributed by atoms with Gasteiger partial charge in [0.25, 0.3) is 5.91 Å². The van der Waals surface area contributed by atoms with Crippen molar-refractivity contribution < 1.29 is 9.90 Å². The molecular weight excluding hydrogens is 252 g/mol. The van der Waals surface area contributed by atoms with Crippen molar-refractivity contribution in [3.05, 3.63) is 48.2 Å². The highest BCUT2D eigenvalue weighted by Crippen LogP contribution is 2.28. The first-order valence-electron chi connectivity index (χ1n) is 6.72. The molecule has 1 amide bonds. The topological polar surface area (TPSA) is 62.2 Å². The molecule has 2 aromatic rings. The predicted molar refractivity (Wildman–Crippen MR) is 77.7 cm³/mol. The largest absolute Gasteiger partial charge is 0.505 e. The van der Waals surface area contributed by atoms with E-state index in [0.29, 0.717) is 5.52 Å². The van der Waals surface area contributed by atoms with Crippen molar-refractivity contribution in [3.8, 4) is 5.75 Å². The molecule has 102 valence electrons. The Bertz CT molecular complexity index is 694. The monoisotopic (exact) mass is 268 g/mol. The van der Waals surface area contributed by atoms with Gasteiger partial charge in [-0.3, -0.25) is 9.78 Å². The first kappa shape index (κ1) is 12.7. The van der Waals surface area contributed by atoms with Crippen LogP contribution in [0.25, 0.3) is 10.9 Å². The predicted octanol–water partition coefficient (Wildman–Crippen LogP) is 2.78. The molecule has 0 saturated heterocycles. The van der Waals surface area contributed by atoms with E-state index in [0.717, 1.165) is 30.2 Å². The molecule has 1 fully saturated rings. The van der Waals surface area contributed by atoms with Gasteiger partial charge in [-0.15, -0.1) is 0 Å². The van der Waals surface area contributed by atoms with Crippen LogP contribution in [0.5, 0.6) is 5.75 Å². The van der Waals surface area contributed by atoms with Crippen molar-refractivity contribution in [1.29, 1.82) is 0 Å². The average molecular weight is 268 g/mol. The second kappa shape index (κ2) is 4.96. The Balaban J connectivity index is 1.91. The van der Waals surface area contributed by atoms with Crippen LogP contribution in [0.3, 0.4) is 0 Å². The molecule has 2 N–H and O–H groups in total. The number of carbonyl (C=O) groups excluding carboxylic acids is 1. The van der Waals surface area contributed by atoms with Crippen molar-refractivity contribution in [2.24, 2.45) is 0 Å². The van der Waals surface area contributed by atoms with Gasteiger partial charge in [0, 0.05) is 11.6 Å². The van der Waals surface area contributed by atoms with Gasteiger partial charge in [0.2, 0.25) is 0 Å². The van der Waals surface area contributed by atoms with Gasteiger partial charge >= 0.3 is 0 Å². The lowest BCUT2D eigenvalue weighted by Gasteiger charge is -2.14. The van der Waals surface area contributed by atoms with E-state index in [2.05, 4.69) is 16.9 Å². The zero-order valence-electron chi connectivity index (χ0n) is 11.1. The minimum Gasteiger partial charge on any atom is -0.505 e. The number of rotatable bonds is 2. The molecule has 1 aliphatic carbocycles. The highest BCUT2D eigenvalue weighted by molar-refractivity contribution is 6.02. The van der Waals surface area contributed by atoms with Crippen molar-refractivity contribution in [2.45, 2.75) is 25.3 Å². The summed E-state index contributed by atoms with van der Waals surface area (Å²) < 4.78 is 0.